The zero-order valence-electron chi connectivity index (χ0n) is 15.8. The molecule has 0 spiro atoms. The summed E-state index contributed by atoms with van der Waals surface area (Å²) < 4.78 is 1.67. The summed E-state index contributed by atoms with van der Waals surface area (Å²) in [5.41, 5.74) is 0.911. The molecule has 8 heteroatoms. The number of carbonyl (C=O) groups excluding carboxylic acids is 1. The molecule has 1 amide bonds. The molecule has 0 unspecified atom stereocenters. The lowest BCUT2D eigenvalue weighted by Crippen LogP contribution is -2.34. The number of fused-ring (bicyclic) bond motifs is 1. The van der Waals surface area contributed by atoms with Gasteiger partial charge in [0.2, 0.25) is 5.91 Å². The number of hydrogen-bond acceptors (Lipinski definition) is 6. The van der Waals surface area contributed by atoms with Crippen LogP contribution < -0.4 is 10.9 Å². The molecule has 144 valence electrons. The fourth-order valence-corrected chi connectivity index (χ4v) is 5.45. The van der Waals surface area contributed by atoms with Crippen molar-refractivity contribution in [2.75, 3.05) is 6.54 Å². The Balaban J connectivity index is 1.95. The van der Waals surface area contributed by atoms with Crippen LogP contribution >= 0.6 is 34.4 Å². The molecule has 0 radical (unpaired) electrons. The van der Waals surface area contributed by atoms with Crippen molar-refractivity contribution < 1.29 is 4.79 Å². The van der Waals surface area contributed by atoms with Crippen molar-refractivity contribution in [3.8, 4) is 10.4 Å². The first kappa shape index (κ1) is 20.1. The van der Waals surface area contributed by atoms with Crippen LogP contribution in [0.3, 0.4) is 0 Å². The highest BCUT2D eigenvalue weighted by Gasteiger charge is 2.21. The van der Waals surface area contributed by atoms with Crippen molar-refractivity contribution >= 4 is 50.6 Å². The van der Waals surface area contributed by atoms with Crippen LogP contribution in [0.25, 0.3) is 20.7 Å². The minimum Gasteiger partial charge on any atom is -0.355 e. The van der Waals surface area contributed by atoms with Gasteiger partial charge in [0.25, 0.3) is 5.56 Å². The Kier molecular flexibility index (Phi) is 6.39. The monoisotopic (exact) mass is 421 g/mol. The zero-order chi connectivity index (χ0) is 19.6. The molecule has 0 fully saturated rings. The number of thiophene rings is 2. The van der Waals surface area contributed by atoms with Gasteiger partial charge in [0.1, 0.15) is 4.83 Å². The molecule has 0 aliphatic rings. The predicted molar refractivity (Wildman–Crippen MR) is 116 cm³/mol. The number of thioether (sulfide) groups is 1. The maximum absolute atomic E-state index is 13.1. The summed E-state index contributed by atoms with van der Waals surface area (Å²) in [4.78, 5) is 32.0. The van der Waals surface area contributed by atoms with Gasteiger partial charge in [0.05, 0.1) is 10.6 Å². The lowest BCUT2D eigenvalue weighted by molar-refractivity contribution is -0.120. The molecule has 3 heterocycles. The molecule has 0 aliphatic carbocycles. The van der Waals surface area contributed by atoms with E-state index in [4.69, 9.17) is 4.98 Å². The van der Waals surface area contributed by atoms with Gasteiger partial charge in [-0.25, -0.2) is 4.98 Å². The molecule has 0 bridgehead atoms. The quantitative estimate of drug-likeness (QED) is 0.452. The van der Waals surface area contributed by atoms with E-state index in [9.17, 15) is 9.59 Å². The van der Waals surface area contributed by atoms with Crippen molar-refractivity contribution in [2.24, 2.45) is 5.92 Å². The van der Waals surface area contributed by atoms with E-state index >= 15 is 0 Å². The number of rotatable bonds is 7. The van der Waals surface area contributed by atoms with Crippen LogP contribution in [0.2, 0.25) is 0 Å². The van der Waals surface area contributed by atoms with E-state index < -0.39 is 0 Å². The standard InChI is InChI=1S/C19H23N3O2S3/c1-5-22-18(24)15-13(14-7-6-8-25-14)10-26-17(15)21-19(22)27-12(4)16(23)20-9-11(2)3/h6-8,10-12H,5,9H2,1-4H3,(H,20,23)/t12-/m0/s1. The van der Waals surface area contributed by atoms with Crippen molar-refractivity contribution in [3.63, 3.8) is 0 Å². The third kappa shape index (κ3) is 4.28. The van der Waals surface area contributed by atoms with E-state index in [1.54, 1.807) is 15.9 Å². The molecule has 1 N–H and O–H groups in total. The fourth-order valence-electron chi connectivity index (χ4n) is 2.65. The van der Waals surface area contributed by atoms with E-state index in [2.05, 4.69) is 19.2 Å². The highest BCUT2D eigenvalue weighted by molar-refractivity contribution is 8.00. The molecular weight excluding hydrogens is 398 g/mol. The molecule has 0 saturated heterocycles. The number of carbonyl (C=O) groups is 1. The Labute approximate surface area is 170 Å². The number of nitrogens with one attached hydrogen (secondary N) is 1. The summed E-state index contributed by atoms with van der Waals surface area (Å²) in [6.45, 7) is 9.06. The molecule has 5 nitrogen and oxygen atoms in total. The third-order valence-electron chi connectivity index (χ3n) is 4.10. The Bertz CT molecular complexity index is 990. The highest BCUT2D eigenvalue weighted by Crippen LogP contribution is 2.35. The van der Waals surface area contributed by atoms with Crippen LogP contribution in [0.15, 0.2) is 32.8 Å². The summed E-state index contributed by atoms with van der Waals surface area (Å²) >= 11 is 4.43. The van der Waals surface area contributed by atoms with Gasteiger partial charge in [0, 0.05) is 28.9 Å². The first-order valence-electron chi connectivity index (χ1n) is 8.92. The van der Waals surface area contributed by atoms with Crippen LogP contribution in [0.1, 0.15) is 27.7 Å². The number of hydrogen-bond donors (Lipinski definition) is 1. The second kappa shape index (κ2) is 8.58. The van der Waals surface area contributed by atoms with Crippen molar-refractivity contribution in [1.82, 2.24) is 14.9 Å². The van der Waals surface area contributed by atoms with Gasteiger partial charge in [-0.2, -0.15) is 0 Å². The van der Waals surface area contributed by atoms with Crippen LogP contribution in [0.4, 0.5) is 0 Å². The van der Waals surface area contributed by atoms with Crippen LogP contribution in [-0.2, 0) is 11.3 Å². The largest absolute Gasteiger partial charge is 0.355 e. The first-order valence-corrected chi connectivity index (χ1v) is 11.6. The second-order valence-corrected chi connectivity index (χ2v) is 9.76. The van der Waals surface area contributed by atoms with Crippen molar-refractivity contribution in [1.29, 1.82) is 0 Å². The van der Waals surface area contributed by atoms with Crippen molar-refractivity contribution in [2.45, 2.75) is 44.6 Å². The molecule has 0 aliphatic heterocycles. The lowest BCUT2D eigenvalue weighted by atomic mass is 10.2. The lowest BCUT2D eigenvalue weighted by Gasteiger charge is -2.15. The van der Waals surface area contributed by atoms with E-state index in [0.29, 0.717) is 29.6 Å². The van der Waals surface area contributed by atoms with Gasteiger partial charge >= 0.3 is 0 Å². The van der Waals surface area contributed by atoms with Crippen LogP contribution in [0, 0.1) is 5.92 Å². The SMILES string of the molecule is CCn1c(S[C@@H](C)C(=O)NCC(C)C)nc2scc(-c3cccs3)c2c1=O. The number of aromatic nitrogens is 2. The van der Waals surface area contributed by atoms with Gasteiger partial charge in [-0.1, -0.05) is 31.7 Å². The van der Waals surface area contributed by atoms with Crippen molar-refractivity contribution in [3.05, 3.63) is 33.2 Å². The van der Waals surface area contributed by atoms with Crippen LogP contribution in [0.5, 0.6) is 0 Å². The third-order valence-corrected chi connectivity index (χ3v) is 6.96. The van der Waals surface area contributed by atoms with E-state index in [1.807, 2.05) is 36.7 Å². The maximum Gasteiger partial charge on any atom is 0.263 e. The summed E-state index contributed by atoms with van der Waals surface area (Å²) in [6.07, 6.45) is 0. The Hall–Kier alpha value is -1.64. The van der Waals surface area contributed by atoms with Gasteiger partial charge in [-0.05, 0) is 31.2 Å². The minimum atomic E-state index is -0.317. The van der Waals surface area contributed by atoms with Gasteiger partial charge in [-0.3, -0.25) is 14.2 Å². The molecule has 3 aromatic heterocycles. The van der Waals surface area contributed by atoms with E-state index in [0.717, 1.165) is 15.3 Å². The minimum absolute atomic E-state index is 0.0313. The van der Waals surface area contributed by atoms with Crippen LogP contribution in [-0.4, -0.2) is 27.3 Å². The molecular formula is C19H23N3O2S3. The normalized spacial score (nSPS) is 12.6. The molecule has 3 rings (SSSR count). The first-order chi connectivity index (χ1) is 12.9. The fraction of sp³-hybridized carbons (Fsp3) is 0.421. The highest BCUT2D eigenvalue weighted by atomic mass is 32.2. The zero-order valence-corrected chi connectivity index (χ0v) is 18.3. The second-order valence-electron chi connectivity index (χ2n) is 6.65. The average Bonchev–Trinajstić information content (AvgIpc) is 3.29. The van der Waals surface area contributed by atoms with E-state index in [1.165, 1.54) is 23.1 Å². The maximum atomic E-state index is 13.1. The summed E-state index contributed by atoms with van der Waals surface area (Å²) in [7, 11) is 0. The van der Waals surface area contributed by atoms with Gasteiger partial charge in [0.15, 0.2) is 5.16 Å². The molecule has 0 saturated carbocycles. The smallest absolute Gasteiger partial charge is 0.263 e. The molecule has 3 aromatic rings. The van der Waals surface area contributed by atoms with Gasteiger partial charge in [-0.15, -0.1) is 22.7 Å². The molecule has 0 aromatic carbocycles. The van der Waals surface area contributed by atoms with Gasteiger partial charge < -0.3 is 5.32 Å². The average molecular weight is 422 g/mol. The Morgan fingerprint density at radius 3 is 2.74 bits per heavy atom. The Morgan fingerprint density at radius 1 is 1.33 bits per heavy atom. The summed E-state index contributed by atoms with van der Waals surface area (Å²) in [5, 5.41) is 7.90. The number of amides is 1. The molecule has 27 heavy (non-hydrogen) atoms. The summed E-state index contributed by atoms with van der Waals surface area (Å²) in [6, 6.07) is 4.00. The van der Waals surface area contributed by atoms with E-state index in [-0.39, 0.29) is 16.7 Å². The summed E-state index contributed by atoms with van der Waals surface area (Å²) in [5.74, 6) is 0.368. The molecule has 1 atom stereocenters. The number of nitrogens with zero attached hydrogens (tertiary/aromatic N) is 2. The topological polar surface area (TPSA) is 64.0 Å². The predicted octanol–water partition coefficient (Wildman–Crippen LogP) is 4.46. The Morgan fingerprint density at radius 2 is 2.11 bits per heavy atom.